The van der Waals surface area contributed by atoms with E-state index in [1.54, 1.807) is 12.1 Å². The van der Waals surface area contributed by atoms with E-state index in [1.807, 2.05) is 25.1 Å². The quantitative estimate of drug-likeness (QED) is 0.508. The van der Waals surface area contributed by atoms with Gasteiger partial charge in [0.2, 0.25) is 0 Å². The maximum atomic E-state index is 11.0. The van der Waals surface area contributed by atoms with Crippen LogP contribution in [0.3, 0.4) is 0 Å². The van der Waals surface area contributed by atoms with Crippen molar-refractivity contribution >= 4 is 38.7 Å². The fourth-order valence-electron chi connectivity index (χ4n) is 1.73. The van der Waals surface area contributed by atoms with Crippen molar-refractivity contribution in [3.8, 4) is 0 Å². The van der Waals surface area contributed by atoms with Crippen molar-refractivity contribution < 1.29 is 4.92 Å². The molecule has 0 spiro atoms. The molecule has 0 unspecified atom stereocenters. The number of nitro benzene ring substituents is 1. The Hall–Kier alpha value is -2.08. The summed E-state index contributed by atoms with van der Waals surface area (Å²) in [4.78, 5) is 10.6. The Balaban J connectivity index is 2.44. The lowest BCUT2D eigenvalue weighted by molar-refractivity contribution is -0.383. The number of nitrogens with two attached hydrogens (primary N) is 1. The van der Waals surface area contributed by atoms with Crippen LogP contribution in [0, 0.1) is 17.0 Å². The monoisotopic (exact) mass is 321 g/mol. The van der Waals surface area contributed by atoms with Crippen molar-refractivity contribution in [2.24, 2.45) is 0 Å². The minimum absolute atomic E-state index is 0.116. The molecule has 98 valence electrons. The van der Waals surface area contributed by atoms with Gasteiger partial charge in [-0.15, -0.1) is 0 Å². The number of nitro groups is 1. The second kappa shape index (κ2) is 5.27. The number of anilines is 3. The van der Waals surface area contributed by atoms with E-state index in [4.69, 9.17) is 5.73 Å². The molecule has 0 saturated heterocycles. The van der Waals surface area contributed by atoms with Crippen molar-refractivity contribution in [1.29, 1.82) is 0 Å². The van der Waals surface area contributed by atoms with E-state index in [-0.39, 0.29) is 11.4 Å². The smallest absolute Gasteiger partial charge is 0.315 e. The van der Waals surface area contributed by atoms with E-state index in [0.29, 0.717) is 5.69 Å². The van der Waals surface area contributed by atoms with Gasteiger partial charge in [0.15, 0.2) is 0 Å². The minimum Gasteiger partial charge on any atom is -0.393 e. The molecule has 2 rings (SSSR count). The number of hydrogen-bond donors (Lipinski definition) is 2. The summed E-state index contributed by atoms with van der Waals surface area (Å²) in [6.45, 7) is 1.97. The van der Waals surface area contributed by atoms with Crippen LogP contribution in [0.25, 0.3) is 0 Å². The van der Waals surface area contributed by atoms with E-state index in [9.17, 15) is 10.1 Å². The van der Waals surface area contributed by atoms with E-state index in [1.165, 1.54) is 6.07 Å². The average Bonchev–Trinajstić information content (AvgIpc) is 2.32. The maximum Gasteiger partial charge on any atom is 0.315 e. The Morgan fingerprint density at radius 1 is 1.26 bits per heavy atom. The van der Waals surface area contributed by atoms with Crippen molar-refractivity contribution in [2.75, 3.05) is 11.1 Å². The summed E-state index contributed by atoms with van der Waals surface area (Å²) in [5, 5.41) is 14.1. The number of hydrogen-bond acceptors (Lipinski definition) is 4. The standard InChI is InChI=1S/C13H12BrN3O2/c1-8-5-6-11(9(14)7-8)16-12-4-2-3-10(15)13(12)17(18)19/h2-7,16H,15H2,1H3. The highest BCUT2D eigenvalue weighted by atomic mass is 79.9. The zero-order valence-electron chi connectivity index (χ0n) is 10.2. The van der Waals surface area contributed by atoms with E-state index < -0.39 is 4.92 Å². The highest BCUT2D eigenvalue weighted by Gasteiger charge is 2.18. The summed E-state index contributed by atoms with van der Waals surface area (Å²) >= 11 is 3.42. The van der Waals surface area contributed by atoms with Crippen LogP contribution >= 0.6 is 15.9 Å². The van der Waals surface area contributed by atoms with Gasteiger partial charge in [-0.05, 0) is 52.7 Å². The number of nitrogens with one attached hydrogen (secondary N) is 1. The molecule has 0 radical (unpaired) electrons. The van der Waals surface area contributed by atoms with E-state index in [2.05, 4.69) is 21.2 Å². The second-order valence-corrected chi connectivity index (χ2v) is 4.96. The summed E-state index contributed by atoms with van der Waals surface area (Å²) in [6.07, 6.45) is 0. The van der Waals surface area contributed by atoms with Crippen molar-refractivity contribution in [1.82, 2.24) is 0 Å². The minimum atomic E-state index is -0.486. The summed E-state index contributed by atoms with van der Waals surface area (Å²) in [5.41, 5.74) is 7.88. The third-order valence-corrected chi connectivity index (χ3v) is 3.30. The second-order valence-electron chi connectivity index (χ2n) is 4.11. The molecule has 3 N–H and O–H groups in total. The number of halogens is 1. The maximum absolute atomic E-state index is 11.0. The molecule has 6 heteroatoms. The zero-order valence-corrected chi connectivity index (χ0v) is 11.8. The van der Waals surface area contributed by atoms with Crippen LogP contribution < -0.4 is 11.1 Å². The van der Waals surface area contributed by atoms with Gasteiger partial charge in [-0.2, -0.15) is 0 Å². The molecule has 0 bridgehead atoms. The lowest BCUT2D eigenvalue weighted by Crippen LogP contribution is -2.01. The largest absolute Gasteiger partial charge is 0.393 e. The molecular weight excluding hydrogens is 310 g/mol. The lowest BCUT2D eigenvalue weighted by Gasteiger charge is -2.10. The molecule has 0 aromatic heterocycles. The average molecular weight is 322 g/mol. The van der Waals surface area contributed by atoms with Gasteiger partial charge >= 0.3 is 5.69 Å². The number of para-hydroxylation sites is 1. The molecule has 5 nitrogen and oxygen atoms in total. The molecule has 0 aliphatic rings. The summed E-state index contributed by atoms with van der Waals surface area (Å²) in [7, 11) is 0. The number of benzene rings is 2. The highest BCUT2D eigenvalue weighted by Crippen LogP contribution is 2.35. The molecular formula is C13H12BrN3O2. The van der Waals surface area contributed by atoms with Crippen LogP contribution in [-0.2, 0) is 0 Å². The van der Waals surface area contributed by atoms with Gasteiger partial charge in [0.1, 0.15) is 11.4 Å². The molecule has 0 amide bonds. The van der Waals surface area contributed by atoms with Gasteiger partial charge in [0.25, 0.3) is 0 Å². The number of rotatable bonds is 3. The third kappa shape index (κ3) is 2.85. The normalized spacial score (nSPS) is 10.2. The third-order valence-electron chi connectivity index (χ3n) is 2.64. The number of aryl methyl sites for hydroxylation is 1. The molecule has 2 aromatic rings. The van der Waals surface area contributed by atoms with Crippen molar-refractivity contribution in [3.63, 3.8) is 0 Å². The number of nitrogen functional groups attached to an aromatic ring is 1. The van der Waals surface area contributed by atoms with Crippen LogP contribution in [0.5, 0.6) is 0 Å². The molecule has 0 aliphatic heterocycles. The van der Waals surface area contributed by atoms with Gasteiger partial charge < -0.3 is 11.1 Å². The number of nitrogens with zero attached hydrogens (tertiary/aromatic N) is 1. The fraction of sp³-hybridized carbons (Fsp3) is 0.0769. The Kier molecular flexibility index (Phi) is 3.71. The first-order valence-electron chi connectivity index (χ1n) is 5.55. The van der Waals surface area contributed by atoms with Crippen LogP contribution in [0.2, 0.25) is 0 Å². The molecule has 0 fully saturated rings. The molecule has 2 aromatic carbocycles. The molecule has 0 saturated carbocycles. The SMILES string of the molecule is Cc1ccc(Nc2cccc(N)c2[N+](=O)[O-])c(Br)c1. The summed E-state index contributed by atoms with van der Waals surface area (Å²) in [5.74, 6) is 0. The Labute approximate surface area is 118 Å². The van der Waals surface area contributed by atoms with Crippen molar-refractivity contribution in [2.45, 2.75) is 6.92 Å². The lowest BCUT2D eigenvalue weighted by atomic mass is 10.2. The Bertz CT molecular complexity index is 644. The van der Waals surface area contributed by atoms with Crippen LogP contribution in [0.1, 0.15) is 5.56 Å². The Morgan fingerprint density at radius 2 is 2.00 bits per heavy atom. The van der Waals surface area contributed by atoms with Gasteiger partial charge in [-0.25, -0.2) is 0 Å². The van der Waals surface area contributed by atoms with E-state index >= 15 is 0 Å². The molecule has 0 atom stereocenters. The first-order chi connectivity index (χ1) is 8.99. The van der Waals surface area contributed by atoms with E-state index in [0.717, 1.165) is 15.7 Å². The molecule has 0 aliphatic carbocycles. The first kappa shape index (κ1) is 13.4. The van der Waals surface area contributed by atoms with Gasteiger partial charge in [-0.3, -0.25) is 10.1 Å². The first-order valence-corrected chi connectivity index (χ1v) is 6.34. The Morgan fingerprint density at radius 3 is 2.63 bits per heavy atom. The van der Waals surface area contributed by atoms with Crippen LogP contribution in [0.4, 0.5) is 22.7 Å². The molecule has 19 heavy (non-hydrogen) atoms. The molecule has 0 heterocycles. The zero-order chi connectivity index (χ0) is 14.0. The summed E-state index contributed by atoms with van der Waals surface area (Å²) in [6, 6.07) is 10.5. The van der Waals surface area contributed by atoms with Crippen LogP contribution in [0.15, 0.2) is 40.9 Å². The predicted molar refractivity (Wildman–Crippen MR) is 79.7 cm³/mol. The topological polar surface area (TPSA) is 81.2 Å². The van der Waals surface area contributed by atoms with Gasteiger partial charge in [-0.1, -0.05) is 12.1 Å². The highest BCUT2D eigenvalue weighted by molar-refractivity contribution is 9.10. The van der Waals surface area contributed by atoms with Crippen molar-refractivity contribution in [3.05, 3.63) is 56.5 Å². The van der Waals surface area contributed by atoms with Gasteiger partial charge in [0, 0.05) is 4.47 Å². The van der Waals surface area contributed by atoms with Gasteiger partial charge in [0.05, 0.1) is 10.6 Å². The fourth-order valence-corrected chi connectivity index (χ4v) is 2.32. The summed E-state index contributed by atoms with van der Waals surface area (Å²) < 4.78 is 0.837. The predicted octanol–water partition coefficient (Wildman–Crippen LogP) is 3.99. The van der Waals surface area contributed by atoms with Crippen LogP contribution in [-0.4, -0.2) is 4.92 Å².